The molecule has 2 saturated heterocycles. The molecule has 1 aromatic carbocycles. The summed E-state index contributed by atoms with van der Waals surface area (Å²) >= 11 is 0. The lowest BCUT2D eigenvalue weighted by Crippen LogP contribution is -2.53. The minimum Gasteiger partial charge on any atom is -0.342 e. The molecule has 2 fully saturated rings. The number of aryl methyl sites for hydroxylation is 1. The molecule has 0 saturated carbocycles. The molecule has 2 amide bonds. The average molecular weight is 422 g/mol. The summed E-state index contributed by atoms with van der Waals surface area (Å²) in [6, 6.07) is 7.10. The van der Waals surface area contributed by atoms with Crippen molar-refractivity contribution in [2.24, 2.45) is 5.92 Å². The van der Waals surface area contributed by atoms with E-state index in [0.717, 1.165) is 31.2 Å². The predicted octanol–water partition coefficient (Wildman–Crippen LogP) is 1.73. The summed E-state index contributed by atoms with van der Waals surface area (Å²) in [7, 11) is -3.55. The molecular weight excluding hydrogens is 390 g/mol. The molecule has 1 atom stereocenters. The third-order valence-corrected chi connectivity index (χ3v) is 7.78. The average Bonchev–Trinajstić information content (AvgIpc) is 2.74. The van der Waals surface area contributed by atoms with E-state index in [1.165, 1.54) is 11.2 Å². The first-order valence-corrected chi connectivity index (χ1v) is 11.9. The first-order chi connectivity index (χ1) is 13.8. The van der Waals surface area contributed by atoms with Crippen LogP contribution in [0.5, 0.6) is 0 Å². The largest absolute Gasteiger partial charge is 0.342 e. The zero-order chi connectivity index (χ0) is 21.0. The van der Waals surface area contributed by atoms with Gasteiger partial charge in [0.25, 0.3) is 0 Å². The normalized spacial score (nSPS) is 21.2. The van der Waals surface area contributed by atoms with Crippen molar-refractivity contribution in [3.63, 3.8) is 0 Å². The van der Waals surface area contributed by atoms with E-state index in [4.69, 9.17) is 0 Å². The standard InChI is InChI=1S/C21H31N3O4S/c1-3-5-18-7-9-20(10-8-18)29(27,28)24-14-12-22(13-15-24)21(26)19-6-4-11-23(16-19)17(2)25/h7-10,19H,3-6,11-16H2,1-2H3/t19-/m1/s1. The van der Waals surface area contributed by atoms with Crippen molar-refractivity contribution in [1.29, 1.82) is 0 Å². The van der Waals surface area contributed by atoms with E-state index < -0.39 is 10.0 Å². The highest BCUT2D eigenvalue weighted by molar-refractivity contribution is 7.89. The molecule has 8 heteroatoms. The van der Waals surface area contributed by atoms with E-state index in [0.29, 0.717) is 44.2 Å². The number of piperazine rings is 1. The first kappa shape index (κ1) is 21.8. The van der Waals surface area contributed by atoms with Crippen molar-refractivity contribution in [3.8, 4) is 0 Å². The van der Waals surface area contributed by atoms with Crippen molar-refractivity contribution in [1.82, 2.24) is 14.1 Å². The third-order valence-electron chi connectivity index (χ3n) is 5.87. The van der Waals surface area contributed by atoms with Gasteiger partial charge >= 0.3 is 0 Å². The lowest BCUT2D eigenvalue weighted by molar-refractivity contribution is -0.141. The Balaban J connectivity index is 1.59. The minimum absolute atomic E-state index is 0.00312. The first-order valence-electron chi connectivity index (χ1n) is 10.5. The molecule has 0 aliphatic carbocycles. The summed E-state index contributed by atoms with van der Waals surface area (Å²) in [5.74, 6) is -0.137. The highest BCUT2D eigenvalue weighted by Gasteiger charge is 2.34. The molecule has 7 nitrogen and oxygen atoms in total. The Morgan fingerprint density at radius 3 is 2.24 bits per heavy atom. The van der Waals surface area contributed by atoms with Gasteiger partial charge in [0.15, 0.2) is 0 Å². The molecule has 3 rings (SSSR count). The topological polar surface area (TPSA) is 78.0 Å². The van der Waals surface area contributed by atoms with Crippen molar-refractivity contribution < 1.29 is 18.0 Å². The molecule has 0 aromatic heterocycles. The monoisotopic (exact) mass is 421 g/mol. The number of hydrogen-bond acceptors (Lipinski definition) is 4. The van der Waals surface area contributed by atoms with Gasteiger partial charge in [-0.2, -0.15) is 4.31 Å². The number of nitrogens with zero attached hydrogens (tertiary/aromatic N) is 3. The van der Waals surface area contributed by atoms with Crippen LogP contribution in [0.1, 0.15) is 38.7 Å². The molecule has 160 valence electrons. The van der Waals surface area contributed by atoms with Crippen molar-refractivity contribution in [2.75, 3.05) is 39.3 Å². The summed E-state index contributed by atoms with van der Waals surface area (Å²) in [6.07, 6.45) is 3.57. The highest BCUT2D eigenvalue weighted by atomic mass is 32.2. The van der Waals surface area contributed by atoms with Crippen LogP contribution in [0.4, 0.5) is 0 Å². The summed E-state index contributed by atoms with van der Waals surface area (Å²) in [5, 5.41) is 0. The molecule has 0 spiro atoms. The van der Waals surface area contributed by atoms with Gasteiger partial charge in [-0.05, 0) is 37.0 Å². The molecule has 2 heterocycles. The summed E-state index contributed by atoms with van der Waals surface area (Å²) in [5.41, 5.74) is 1.13. The Morgan fingerprint density at radius 2 is 1.66 bits per heavy atom. The number of carbonyl (C=O) groups excluding carboxylic acids is 2. The summed E-state index contributed by atoms with van der Waals surface area (Å²) in [4.78, 5) is 28.3. The zero-order valence-corrected chi connectivity index (χ0v) is 18.2. The Labute approximate surface area is 173 Å². The Kier molecular flexibility index (Phi) is 6.95. The van der Waals surface area contributed by atoms with Crippen LogP contribution in [0, 0.1) is 5.92 Å². The van der Waals surface area contributed by atoms with Crippen molar-refractivity contribution in [3.05, 3.63) is 29.8 Å². The van der Waals surface area contributed by atoms with E-state index in [1.807, 2.05) is 12.1 Å². The second-order valence-corrected chi connectivity index (χ2v) is 9.87. The van der Waals surface area contributed by atoms with Gasteiger partial charge in [-0.25, -0.2) is 8.42 Å². The van der Waals surface area contributed by atoms with Crippen LogP contribution in [-0.4, -0.2) is 73.6 Å². The number of benzene rings is 1. The van der Waals surface area contributed by atoms with E-state index in [1.54, 1.807) is 21.9 Å². The number of likely N-dealkylation sites (tertiary alicyclic amines) is 1. The number of hydrogen-bond donors (Lipinski definition) is 0. The predicted molar refractivity (Wildman–Crippen MR) is 111 cm³/mol. The van der Waals surface area contributed by atoms with Gasteiger partial charge in [-0.3, -0.25) is 9.59 Å². The van der Waals surface area contributed by atoms with Crippen LogP contribution in [-0.2, 0) is 26.0 Å². The van der Waals surface area contributed by atoms with Gasteiger partial charge in [-0.1, -0.05) is 25.5 Å². The molecule has 0 radical (unpaired) electrons. The molecule has 0 N–H and O–H groups in total. The Bertz CT molecular complexity index is 830. The maximum Gasteiger partial charge on any atom is 0.243 e. The Hall–Kier alpha value is -1.93. The maximum absolute atomic E-state index is 12.9. The number of amides is 2. The van der Waals surface area contributed by atoms with Crippen LogP contribution in [0.25, 0.3) is 0 Å². The van der Waals surface area contributed by atoms with Gasteiger partial charge < -0.3 is 9.80 Å². The molecule has 2 aliphatic rings. The van der Waals surface area contributed by atoms with E-state index in [-0.39, 0.29) is 17.7 Å². The second kappa shape index (κ2) is 9.26. The van der Waals surface area contributed by atoms with Crippen molar-refractivity contribution in [2.45, 2.75) is 44.4 Å². The number of carbonyl (C=O) groups is 2. The van der Waals surface area contributed by atoms with E-state index in [9.17, 15) is 18.0 Å². The van der Waals surface area contributed by atoms with Gasteiger partial charge in [-0.15, -0.1) is 0 Å². The van der Waals surface area contributed by atoms with Crippen LogP contribution in [0.3, 0.4) is 0 Å². The lowest BCUT2D eigenvalue weighted by Gasteiger charge is -2.38. The number of rotatable bonds is 5. The van der Waals surface area contributed by atoms with Gasteiger partial charge in [0.1, 0.15) is 0 Å². The SMILES string of the molecule is CCCc1ccc(S(=O)(=O)N2CCN(C(=O)[C@@H]3CCCN(C(C)=O)C3)CC2)cc1. The number of sulfonamides is 1. The molecule has 0 bridgehead atoms. The third kappa shape index (κ3) is 4.98. The fourth-order valence-electron chi connectivity index (χ4n) is 4.14. The van der Waals surface area contributed by atoms with Gasteiger partial charge in [0, 0.05) is 46.2 Å². The maximum atomic E-state index is 12.9. The van der Waals surface area contributed by atoms with E-state index >= 15 is 0 Å². The van der Waals surface area contributed by atoms with Gasteiger partial charge in [0.05, 0.1) is 10.8 Å². The molecule has 0 unspecified atom stereocenters. The Morgan fingerprint density at radius 1 is 1.00 bits per heavy atom. The van der Waals surface area contributed by atoms with Crippen LogP contribution in [0.15, 0.2) is 29.2 Å². The molecule has 1 aromatic rings. The molecule has 29 heavy (non-hydrogen) atoms. The second-order valence-electron chi connectivity index (χ2n) is 7.93. The highest BCUT2D eigenvalue weighted by Crippen LogP contribution is 2.22. The minimum atomic E-state index is -3.55. The van der Waals surface area contributed by atoms with Gasteiger partial charge in [0.2, 0.25) is 21.8 Å². The molecule has 2 aliphatic heterocycles. The molecular formula is C21H31N3O4S. The van der Waals surface area contributed by atoms with E-state index in [2.05, 4.69) is 6.92 Å². The lowest BCUT2D eigenvalue weighted by atomic mass is 9.96. The fourth-order valence-corrected chi connectivity index (χ4v) is 5.56. The zero-order valence-electron chi connectivity index (χ0n) is 17.3. The van der Waals surface area contributed by atoms with Crippen LogP contribution >= 0.6 is 0 Å². The number of piperidine rings is 1. The van der Waals surface area contributed by atoms with Crippen LogP contribution in [0.2, 0.25) is 0 Å². The summed E-state index contributed by atoms with van der Waals surface area (Å²) in [6.45, 7) is 6.19. The van der Waals surface area contributed by atoms with Crippen LogP contribution < -0.4 is 0 Å². The fraction of sp³-hybridized carbons (Fsp3) is 0.619. The smallest absolute Gasteiger partial charge is 0.243 e. The van der Waals surface area contributed by atoms with Crippen molar-refractivity contribution >= 4 is 21.8 Å². The summed E-state index contributed by atoms with van der Waals surface area (Å²) < 4.78 is 27.3. The quantitative estimate of drug-likeness (QED) is 0.725.